The van der Waals surface area contributed by atoms with Gasteiger partial charge in [-0.2, -0.15) is 0 Å². The van der Waals surface area contributed by atoms with E-state index < -0.39 is 98.2 Å². The van der Waals surface area contributed by atoms with Gasteiger partial charge in [-0.05, 0) is 145 Å². The zero-order valence-electron chi connectivity index (χ0n) is 55.2. The van der Waals surface area contributed by atoms with E-state index in [9.17, 15) is 14.4 Å². The number of halogens is 2. The summed E-state index contributed by atoms with van der Waals surface area (Å²) < 4.78 is 1.59. The van der Waals surface area contributed by atoms with Crippen molar-refractivity contribution in [3.8, 4) is 0 Å². The van der Waals surface area contributed by atoms with E-state index in [4.69, 9.17) is 22.9 Å². The smallest absolute Gasteiger partial charge is 0.243 e. The maximum Gasteiger partial charge on any atom is 0.243 e. The summed E-state index contributed by atoms with van der Waals surface area (Å²) in [7, 11) is 0. The number of nitrogens with two attached hydrogens (primary N) is 4. The molecule has 0 saturated carbocycles. The Kier molecular flexibility index (Phi) is 36.7. The number of hydrogen-bond acceptors (Lipinski definition) is 12. The molecule has 0 bridgehead atoms. The van der Waals surface area contributed by atoms with Crippen LogP contribution in [-0.4, -0.2) is 180 Å². The SMILES string of the molecule is CCCCCCCCCCNCC(=O)N(CCCCN)CC(=O)N(CC(=O)N(CC(=O)N(CCCCN)CC(=O)N(CC(=O)N(CC(=O)N(CCCCN)CC(N)=O)[C@H](C)c1ccc(Br)cc1)[C@H](C)c1ccccc1)[C@H](C)c1ccc(Br)cc1)[C@H](C)c1ccccc1. The first-order valence-electron chi connectivity index (χ1n) is 33.0. The van der Waals surface area contributed by atoms with E-state index in [2.05, 4.69) is 44.1 Å². The molecule has 0 fully saturated rings. The van der Waals surface area contributed by atoms with Crippen molar-refractivity contribution in [2.45, 2.75) is 149 Å². The van der Waals surface area contributed by atoms with Gasteiger partial charge in [-0.25, -0.2) is 0 Å². The van der Waals surface area contributed by atoms with Crippen LogP contribution in [0.3, 0.4) is 0 Å². The second kappa shape index (κ2) is 43.4. The van der Waals surface area contributed by atoms with Gasteiger partial charge in [0.15, 0.2) is 0 Å². The average Bonchev–Trinajstić information content (AvgIpc) is 0.920. The lowest BCUT2D eigenvalue weighted by atomic mass is 10.0. The Morgan fingerprint density at radius 2 is 0.674 bits per heavy atom. The Morgan fingerprint density at radius 3 is 1.02 bits per heavy atom. The summed E-state index contributed by atoms with van der Waals surface area (Å²) in [6.07, 6.45) is 12.5. The van der Waals surface area contributed by atoms with Crippen LogP contribution in [0.1, 0.15) is 171 Å². The number of amides is 8. The van der Waals surface area contributed by atoms with Gasteiger partial charge < -0.3 is 62.6 Å². The van der Waals surface area contributed by atoms with Crippen molar-refractivity contribution in [2.75, 3.05) is 98.2 Å². The van der Waals surface area contributed by atoms with Crippen LogP contribution in [0.25, 0.3) is 0 Å². The van der Waals surface area contributed by atoms with Crippen molar-refractivity contribution >= 4 is 79.1 Å². The van der Waals surface area contributed by atoms with Gasteiger partial charge in [0.1, 0.15) is 26.2 Å². The van der Waals surface area contributed by atoms with Gasteiger partial charge >= 0.3 is 0 Å². The molecule has 22 heteroatoms. The van der Waals surface area contributed by atoms with Crippen LogP contribution < -0.4 is 28.3 Å². The zero-order chi connectivity index (χ0) is 67.4. The number of benzene rings is 4. The maximum absolute atomic E-state index is 15.5. The summed E-state index contributed by atoms with van der Waals surface area (Å²) in [6.45, 7) is 8.63. The molecule has 4 aromatic carbocycles. The van der Waals surface area contributed by atoms with Crippen molar-refractivity contribution in [1.29, 1.82) is 0 Å². The van der Waals surface area contributed by atoms with E-state index in [0.29, 0.717) is 81.4 Å². The predicted molar refractivity (Wildman–Crippen MR) is 371 cm³/mol. The number of primary amides is 1. The summed E-state index contributed by atoms with van der Waals surface area (Å²) in [5.41, 5.74) is 26.2. The number of nitrogens with one attached hydrogen (secondary N) is 1. The van der Waals surface area contributed by atoms with E-state index in [1.807, 2.05) is 116 Å². The number of rotatable bonds is 45. The Morgan fingerprint density at radius 1 is 0.370 bits per heavy atom. The molecule has 0 aliphatic carbocycles. The highest BCUT2D eigenvalue weighted by Gasteiger charge is 2.36. The molecule has 0 aliphatic heterocycles. The Bertz CT molecular complexity index is 2860. The molecular formula is C70H104Br2N12O8. The molecule has 0 aromatic heterocycles. The van der Waals surface area contributed by atoms with Crippen molar-refractivity contribution in [2.24, 2.45) is 22.9 Å². The Labute approximate surface area is 564 Å². The average molecular weight is 1400 g/mol. The zero-order valence-corrected chi connectivity index (χ0v) is 58.3. The van der Waals surface area contributed by atoms with Crippen LogP contribution >= 0.6 is 31.9 Å². The summed E-state index contributed by atoms with van der Waals surface area (Å²) in [5.74, 6) is -4.24. The summed E-state index contributed by atoms with van der Waals surface area (Å²) >= 11 is 7.02. The molecule has 0 heterocycles. The van der Waals surface area contributed by atoms with Crippen LogP contribution in [-0.2, 0) is 38.4 Å². The molecule has 4 atom stereocenters. The number of hydrogen-bond donors (Lipinski definition) is 5. The van der Waals surface area contributed by atoms with Crippen molar-refractivity contribution in [3.63, 3.8) is 0 Å². The normalized spacial score (nSPS) is 12.5. The van der Waals surface area contributed by atoms with E-state index in [1.165, 1.54) is 66.4 Å². The third-order valence-electron chi connectivity index (χ3n) is 16.8. The minimum atomic E-state index is -0.736. The van der Waals surface area contributed by atoms with E-state index in [1.54, 1.807) is 20.8 Å². The van der Waals surface area contributed by atoms with Gasteiger partial charge in [-0.1, -0.05) is 169 Å². The highest BCUT2D eigenvalue weighted by atomic mass is 79.9. The van der Waals surface area contributed by atoms with Gasteiger partial charge in [0.2, 0.25) is 47.3 Å². The molecular weight excluding hydrogens is 1300 g/mol. The van der Waals surface area contributed by atoms with Crippen LogP contribution in [0.15, 0.2) is 118 Å². The first kappa shape index (κ1) is 77.9. The molecule has 0 unspecified atom stereocenters. The minimum Gasteiger partial charge on any atom is -0.368 e. The molecule has 0 saturated heterocycles. The van der Waals surface area contributed by atoms with E-state index in [0.717, 1.165) is 33.8 Å². The second-order valence-corrected chi connectivity index (χ2v) is 25.6. The van der Waals surface area contributed by atoms with Crippen molar-refractivity contribution in [3.05, 3.63) is 140 Å². The molecule has 92 heavy (non-hydrogen) atoms. The minimum absolute atomic E-state index is 0.0455. The lowest BCUT2D eigenvalue weighted by Gasteiger charge is -2.37. The van der Waals surface area contributed by atoms with Gasteiger partial charge in [-0.3, -0.25) is 38.4 Å². The lowest BCUT2D eigenvalue weighted by Crippen LogP contribution is -2.53. The fraction of sp³-hybridized carbons (Fsp3) is 0.543. The van der Waals surface area contributed by atoms with Crippen LogP contribution in [0.2, 0.25) is 0 Å². The van der Waals surface area contributed by atoms with Crippen molar-refractivity contribution in [1.82, 2.24) is 39.6 Å². The third kappa shape index (κ3) is 27.2. The van der Waals surface area contributed by atoms with Gasteiger partial charge in [0.05, 0.1) is 50.3 Å². The second-order valence-electron chi connectivity index (χ2n) is 23.8. The topological polar surface area (TPSA) is 275 Å². The quantitative estimate of drug-likeness (QED) is 0.0260. The van der Waals surface area contributed by atoms with E-state index in [-0.39, 0.29) is 45.2 Å². The molecule has 20 nitrogen and oxygen atoms in total. The highest BCUT2D eigenvalue weighted by Crippen LogP contribution is 2.29. The summed E-state index contributed by atoms with van der Waals surface area (Å²) in [4.78, 5) is 127. The Balaban J connectivity index is 1.73. The molecule has 0 spiro atoms. The van der Waals surface area contributed by atoms with Gasteiger partial charge in [-0.15, -0.1) is 0 Å². The summed E-state index contributed by atoms with van der Waals surface area (Å²) in [5, 5.41) is 3.30. The molecule has 9 N–H and O–H groups in total. The molecule has 8 amide bonds. The fourth-order valence-electron chi connectivity index (χ4n) is 11.0. The van der Waals surface area contributed by atoms with Crippen LogP contribution in [0.5, 0.6) is 0 Å². The van der Waals surface area contributed by atoms with Crippen molar-refractivity contribution < 1.29 is 38.4 Å². The maximum atomic E-state index is 15.5. The van der Waals surface area contributed by atoms with E-state index >= 15 is 24.0 Å². The lowest BCUT2D eigenvalue weighted by molar-refractivity contribution is -0.151. The monoisotopic (exact) mass is 1400 g/mol. The molecule has 506 valence electrons. The number of unbranched alkanes of at least 4 members (excludes halogenated alkanes) is 10. The molecule has 0 aliphatic rings. The third-order valence-corrected chi connectivity index (χ3v) is 17.9. The fourth-order valence-corrected chi connectivity index (χ4v) is 11.5. The van der Waals surface area contributed by atoms with Gasteiger partial charge in [0.25, 0.3) is 0 Å². The highest BCUT2D eigenvalue weighted by molar-refractivity contribution is 9.10. The Hall–Kier alpha value is -6.56. The number of carbonyl (C=O) groups excluding carboxylic acids is 8. The molecule has 0 radical (unpaired) electrons. The summed E-state index contributed by atoms with van der Waals surface area (Å²) in [6, 6.07) is 30.3. The molecule has 4 rings (SSSR count). The largest absolute Gasteiger partial charge is 0.368 e. The first-order valence-corrected chi connectivity index (χ1v) is 34.5. The van der Waals surface area contributed by atoms with Gasteiger partial charge in [0, 0.05) is 28.6 Å². The standard InChI is InChI=1S/C70H104Br2N12O8/c1-6-7-8-9-10-11-12-22-41-77-45-64(86)79(43-24-20-39-74)47-67(89)83(53(2)57-26-15-13-16-27-57)51-70(92)82(56(5)60-32-36-62(72)37-33-60)50-66(88)80(44-25-21-40-75)48-68(90)84(54(3)58-28-17-14-18-29-58)52-69(91)81(55(4)59-30-34-61(71)35-31-59)49-65(87)78(46-63(76)85)42-23-19-38-73/h13-18,26-37,53-56,77H,6-12,19-25,38-52,73-75H2,1-5H3,(H2,76,85)/t53-,54-,55-,56-/m1/s1. The first-order chi connectivity index (χ1) is 44.2. The number of nitrogens with zero attached hydrogens (tertiary/aromatic N) is 7. The number of carbonyl (C=O) groups is 8. The van der Waals surface area contributed by atoms with Crippen LogP contribution in [0, 0.1) is 0 Å². The van der Waals surface area contributed by atoms with Crippen LogP contribution in [0.4, 0.5) is 0 Å². The predicted octanol–water partition coefficient (Wildman–Crippen LogP) is 8.79. The molecule has 4 aromatic rings.